The topological polar surface area (TPSA) is 111 Å². The second kappa shape index (κ2) is 12.1. The summed E-state index contributed by atoms with van der Waals surface area (Å²) in [6, 6.07) is 14.4. The fraction of sp³-hybridized carbons (Fsp3) is 0.276. The number of ether oxygens (including phenoxy) is 2. The molecule has 0 bridgehead atoms. The number of rotatable bonds is 9. The fourth-order valence-corrected chi connectivity index (χ4v) is 4.13. The molecule has 4 aromatic rings. The lowest BCUT2D eigenvalue weighted by Crippen LogP contribution is -2.50. The molecule has 0 saturated heterocycles. The molecule has 10 nitrogen and oxygen atoms in total. The van der Waals surface area contributed by atoms with Gasteiger partial charge in [0.05, 0.1) is 14.2 Å². The number of nitrogens with zero attached hydrogens (tertiary/aromatic N) is 5. The molecule has 12 heteroatoms. The first-order valence-corrected chi connectivity index (χ1v) is 12.6. The molecule has 0 aliphatic rings. The van der Waals surface area contributed by atoms with Gasteiger partial charge in [0.25, 0.3) is 5.91 Å². The van der Waals surface area contributed by atoms with Crippen molar-refractivity contribution in [1.82, 2.24) is 25.5 Å². The Bertz CT molecular complexity index is 1520. The third kappa shape index (κ3) is 7.02. The smallest absolute Gasteiger partial charge is 0.251 e. The van der Waals surface area contributed by atoms with Crippen LogP contribution in [0.25, 0.3) is 11.4 Å². The molecule has 1 atom stereocenters. The van der Waals surface area contributed by atoms with Gasteiger partial charge in [0.1, 0.15) is 24.2 Å². The van der Waals surface area contributed by atoms with Crippen LogP contribution in [0, 0.1) is 11.6 Å². The van der Waals surface area contributed by atoms with Gasteiger partial charge in [0, 0.05) is 22.9 Å². The van der Waals surface area contributed by atoms with Crippen molar-refractivity contribution in [3.63, 3.8) is 0 Å². The van der Waals surface area contributed by atoms with Crippen molar-refractivity contribution in [3.05, 3.63) is 83.9 Å². The van der Waals surface area contributed by atoms with Gasteiger partial charge in [-0.05, 0) is 80.1 Å². The first kappa shape index (κ1) is 29.1. The summed E-state index contributed by atoms with van der Waals surface area (Å²) in [7, 11) is 2.93. The summed E-state index contributed by atoms with van der Waals surface area (Å²) in [5.74, 6) is -1.03. The van der Waals surface area contributed by atoms with E-state index in [4.69, 9.17) is 9.47 Å². The van der Waals surface area contributed by atoms with Gasteiger partial charge < -0.3 is 14.8 Å². The van der Waals surface area contributed by atoms with Crippen molar-refractivity contribution in [2.24, 2.45) is 0 Å². The minimum atomic E-state index is -1.21. The van der Waals surface area contributed by atoms with Crippen molar-refractivity contribution >= 4 is 17.5 Å². The molecule has 0 radical (unpaired) electrons. The second-order valence-corrected chi connectivity index (χ2v) is 10.1. The quantitative estimate of drug-likeness (QED) is 0.322. The number of amides is 2. The molecule has 1 N–H and O–H groups in total. The summed E-state index contributed by atoms with van der Waals surface area (Å²) < 4.78 is 38.0. The minimum absolute atomic E-state index is 0.191. The molecular weight excluding hydrogens is 534 g/mol. The normalized spacial score (nSPS) is 12.0. The van der Waals surface area contributed by atoms with Gasteiger partial charge in [-0.2, -0.15) is 4.80 Å². The average molecular weight is 565 g/mol. The van der Waals surface area contributed by atoms with Crippen LogP contribution in [0.3, 0.4) is 0 Å². The molecule has 1 unspecified atom stereocenters. The number of hydrogen-bond donors (Lipinski definition) is 1. The monoisotopic (exact) mass is 564 g/mol. The molecule has 0 saturated carbocycles. The maximum absolute atomic E-state index is 14.0. The summed E-state index contributed by atoms with van der Waals surface area (Å²) in [5.41, 5.74) is 0.550. The zero-order valence-corrected chi connectivity index (χ0v) is 23.3. The van der Waals surface area contributed by atoms with Crippen LogP contribution in [0.1, 0.15) is 32.4 Å². The number of nitrogens with one attached hydrogen (secondary N) is 1. The molecule has 3 aromatic carbocycles. The van der Waals surface area contributed by atoms with Crippen molar-refractivity contribution < 1.29 is 27.8 Å². The summed E-state index contributed by atoms with van der Waals surface area (Å²) in [4.78, 5) is 30.2. The Balaban J connectivity index is 1.79. The third-order valence-corrected chi connectivity index (χ3v) is 5.94. The minimum Gasteiger partial charge on any atom is -0.493 e. The maximum atomic E-state index is 14.0. The van der Waals surface area contributed by atoms with E-state index in [1.165, 1.54) is 67.7 Å². The number of hydrogen-bond acceptors (Lipinski definition) is 7. The number of carbonyl (C=O) groups is 2. The SMILES string of the molecule is COc1ccc(N(C(=O)Cn2nnc(-c3ccc(F)cc3)n2)C(C(=O)NC(C)(C)C)c2ccc(F)cc2)cc1OC. The molecule has 1 aromatic heterocycles. The summed E-state index contributed by atoms with van der Waals surface area (Å²) in [6.07, 6.45) is 0. The predicted octanol–water partition coefficient (Wildman–Crippen LogP) is 4.32. The van der Waals surface area contributed by atoms with E-state index < -0.39 is 41.6 Å². The van der Waals surface area contributed by atoms with E-state index in [0.29, 0.717) is 28.3 Å². The first-order valence-electron chi connectivity index (χ1n) is 12.6. The Morgan fingerprint density at radius 1 is 0.927 bits per heavy atom. The Labute approximate surface area is 235 Å². The Hall–Kier alpha value is -4.87. The van der Waals surface area contributed by atoms with E-state index >= 15 is 0 Å². The number of methoxy groups -OCH3 is 2. The number of aromatic nitrogens is 4. The van der Waals surface area contributed by atoms with Crippen molar-refractivity contribution in [2.75, 3.05) is 19.1 Å². The standard InChI is InChI=1S/C29H30F2N6O4/c1-29(2,3)32-28(39)26(18-6-10-20(30)11-7-18)37(22-14-15-23(40-4)24(16-22)41-5)25(38)17-36-34-27(33-35-36)19-8-12-21(31)13-9-19/h6-16,26H,17H2,1-5H3,(H,32,39). The highest BCUT2D eigenvalue weighted by Crippen LogP contribution is 2.36. The van der Waals surface area contributed by atoms with Crippen LogP contribution in [0.5, 0.6) is 11.5 Å². The highest BCUT2D eigenvalue weighted by Gasteiger charge is 2.35. The molecule has 214 valence electrons. The lowest BCUT2D eigenvalue weighted by molar-refractivity contribution is -0.128. The Morgan fingerprint density at radius 3 is 2.12 bits per heavy atom. The van der Waals surface area contributed by atoms with Crippen LogP contribution < -0.4 is 19.7 Å². The van der Waals surface area contributed by atoms with Crippen LogP contribution >= 0.6 is 0 Å². The summed E-state index contributed by atoms with van der Waals surface area (Å²) in [5, 5.41) is 15.1. The first-order chi connectivity index (χ1) is 19.5. The highest BCUT2D eigenvalue weighted by atomic mass is 19.1. The highest BCUT2D eigenvalue weighted by molar-refractivity contribution is 6.01. The van der Waals surface area contributed by atoms with Crippen molar-refractivity contribution in [2.45, 2.75) is 38.9 Å². The van der Waals surface area contributed by atoms with Gasteiger partial charge in [-0.3, -0.25) is 14.5 Å². The van der Waals surface area contributed by atoms with Gasteiger partial charge in [0.15, 0.2) is 11.5 Å². The van der Waals surface area contributed by atoms with Gasteiger partial charge in [-0.1, -0.05) is 12.1 Å². The summed E-state index contributed by atoms with van der Waals surface area (Å²) in [6.45, 7) is 5.03. The lowest BCUT2D eigenvalue weighted by Gasteiger charge is -2.34. The molecule has 41 heavy (non-hydrogen) atoms. The summed E-state index contributed by atoms with van der Waals surface area (Å²) >= 11 is 0. The van der Waals surface area contributed by atoms with E-state index in [1.807, 2.05) is 20.8 Å². The molecule has 0 aliphatic carbocycles. The van der Waals surface area contributed by atoms with E-state index in [2.05, 4.69) is 20.7 Å². The number of tetrazole rings is 1. The van der Waals surface area contributed by atoms with Gasteiger partial charge >= 0.3 is 0 Å². The molecule has 2 amide bonds. The number of carbonyl (C=O) groups excluding carboxylic acids is 2. The lowest BCUT2D eigenvalue weighted by atomic mass is 10.0. The molecule has 0 spiro atoms. The average Bonchev–Trinajstić information content (AvgIpc) is 3.39. The molecule has 0 fully saturated rings. The van der Waals surface area contributed by atoms with Crippen LogP contribution in [-0.4, -0.2) is 51.8 Å². The largest absolute Gasteiger partial charge is 0.493 e. The number of anilines is 1. The fourth-order valence-electron chi connectivity index (χ4n) is 4.13. The molecular formula is C29H30F2N6O4. The van der Waals surface area contributed by atoms with E-state index in [9.17, 15) is 18.4 Å². The van der Waals surface area contributed by atoms with Crippen molar-refractivity contribution in [3.8, 4) is 22.9 Å². The van der Waals surface area contributed by atoms with Gasteiger partial charge in [-0.15, -0.1) is 10.2 Å². The number of benzene rings is 3. The predicted molar refractivity (Wildman–Crippen MR) is 147 cm³/mol. The Kier molecular flexibility index (Phi) is 8.60. The zero-order chi connectivity index (χ0) is 29.7. The van der Waals surface area contributed by atoms with Crippen LogP contribution in [0.2, 0.25) is 0 Å². The zero-order valence-electron chi connectivity index (χ0n) is 23.3. The van der Waals surface area contributed by atoms with E-state index in [-0.39, 0.29) is 5.82 Å². The van der Waals surface area contributed by atoms with Crippen molar-refractivity contribution in [1.29, 1.82) is 0 Å². The van der Waals surface area contributed by atoms with E-state index in [0.717, 1.165) is 4.80 Å². The van der Waals surface area contributed by atoms with Gasteiger partial charge in [0.2, 0.25) is 11.7 Å². The molecule has 4 rings (SSSR count). The third-order valence-electron chi connectivity index (χ3n) is 5.94. The Morgan fingerprint density at radius 2 is 1.54 bits per heavy atom. The van der Waals surface area contributed by atoms with Crippen LogP contribution in [0.4, 0.5) is 14.5 Å². The number of halogens is 2. The second-order valence-electron chi connectivity index (χ2n) is 10.1. The molecule has 1 heterocycles. The van der Waals surface area contributed by atoms with Crippen LogP contribution in [-0.2, 0) is 16.1 Å². The van der Waals surface area contributed by atoms with Crippen LogP contribution in [0.15, 0.2) is 66.7 Å². The maximum Gasteiger partial charge on any atom is 0.251 e. The van der Waals surface area contributed by atoms with Gasteiger partial charge in [-0.25, -0.2) is 8.78 Å². The van der Waals surface area contributed by atoms with E-state index in [1.54, 1.807) is 18.2 Å². The molecule has 0 aliphatic heterocycles.